The van der Waals surface area contributed by atoms with Gasteiger partial charge in [0.15, 0.2) is 6.61 Å². The summed E-state index contributed by atoms with van der Waals surface area (Å²) in [7, 11) is 0. The Morgan fingerprint density at radius 3 is 2.54 bits per heavy atom. The Labute approximate surface area is 160 Å². The van der Waals surface area contributed by atoms with Crippen molar-refractivity contribution < 1.29 is 32.6 Å². The molecule has 0 fully saturated rings. The van der Waals surface area contributed by atoms with E-state index in [1.165, 1.54) is 6.07 Å². The zero-order valence-corrected chi connectivity index (χ0v) is 15.1. The van der Waals surface area contributed by atoms with Gasteiger partial charge in [-0.2, -0.15) is 13.2 Å². The van der Waals surface area contributed by atoms with E-state index in [0.717, 1.165) is 12.1 Å². The van der Waals surface area contributed by atoms with Gasteiger partial charge in [0.25, 0.3) is 0 Å². The first-order chi connectivity index (χ1) is 13.1. The van der Waals surface area contributed by atoms with Crippen molar-refractivity contribution in [2.45, 2.75) is 32.0 Å². The molecule has 2 aromatic rings. The number of alkyl halides is 3. The van der Waals surface area contributed by atoms with Crippen molar-refractivity contribution in [1.29, 1.82) is 0 Å². The van der Waals surface area contributed by atoms with E-state index < -0.39 is 24.3 Å². The predicted molar refractivity (Wildman–Crippen MR) is 95.9 cm³/mol. The van der Waals surface area contributed by atoms with Gasteiger partial charge in [0.05, 0.1) is 5.56 Å². The molecule has 0 aromatic heterocycles. The molecule has 0 aliphatic rings. The lowest BCUT2D eigenvalue weighted by Gasteiger charge is -2.14. The summed E-state index contributed by atoms with van der Waals surface area (Å²) in [6.45, 7) is 1.41. The Morgan fingerprint density at radius 2 is 1.86 bits per heavy atom. The Balaban J connectivity index is 1.90. The summed E-state index contributed by atoms with van der Waals surface area (Å²) in [5.41, 5.74) is 0.410. The fourth-order valence-corrected chi connectivity index (χ4v) is 2.58. The highest BCUT2D eigenvalue weighted by Crippen LogP contribution is 2.31. The fraction of sp³-hybridized carbons (Fsp3) is 0.300. The van der Waals surface area contributed by atoms with Gasteiger partial charge < -0.3 is 15.2 Å². The summed E-state index contributed by atoms with van der Waals surface area (Å²) in [5, 5.41) is 11.3. The zero-order valence-electron chi connectivity index (χ0n) is 15.1. The maximum Gasteiger partial charge on any atom is 0.416 e. The lowest BCUT2D eigenvalue weighted by molar-refractivity contribution is -0.139. The average molecular weight is 395 g/mol. The van der Waals surface area contributed by atoms with Gasteiger partial charge in [0.1, 0.15) is 5.75 Å². The molecule has 5 nitrogen and oxygen atoms in total. The molecule has 0 aliphatic carbocycles. The molecule has 0 saturated heterocycles. The number of aliphatic carboxylic acids is 1. The van der Waals surface area contributed by atoms with Crippen molar-refractivity contribution in [2.24, 2.45) is 0 Å². The van der Waals surface area contributed by atoms with Crippen molar-refractivity contribution >= 4 is 11.9 Å². The number of rotatable bonds is 8. The van der Waals surface area contributed by atoms with Crippen molar-refractivity contribution in [3.05, 3.63) is 65.2 Å². The van der Waals surface area contributed by atoms with E-state index >= 15 is 0 Å². The minimum absolute atomic E-state index is 0.0382. The van der Waals surface area contributed by atoms with Crippen LogP contribution in [0.15, 0.2) is 48.5 Å². The normalized spacial score (nSPS) is 12.3. The van der Waals surface area contributed by atoms with E-state index in [9.17, 15) is 22.8 Å². The molecule has 28 heavy (non-hydrogen) atoms. The third-order valence-electron chi connectivity index (χ3n) is 4.03. The zero-order chi connectivity index (χ0) is 20.7. The third kappa shape index (κ3) is 6.61. The molecule has 1 amide bonds. The molecule has 150 valence electrons. The van der Waals surface area contributed by atoms with E-state index in [-0.39, 0.29) is 24.8 Å². The Kier molecular flexibility index (Phi) is 7.03. The van der Waals surface area contributed by atoms with Crippen molar-refractivity contribution in [3.8, 4) is 5.75 Å². The van der Waals surface area contributed by atoms with Crippen LogP contribution in [0.4, 0.5) is 13.2 Å². The van der Waals surface area contributed by atoms with E-state index in [0.29, 0.717) is 16.9 Å². The van der Waals surface area contributed by atoms with Crippen molar-refractivity contribution in [1.82, 2.24) is 5.32 Å². The standard InChI is InChI=1S/C20H20F3NO4/c1-13(15-5-3-6-16(10-15)20(21,22)23)8-18(25)24-11-14-4-2-7-17(9-14)28-12-19(26)27/h2-7,9-10,13H,8,11-12H2,1H3,(H,24,25)(H,26,27). The number of carboxylic acids is 1. The van der Waals surface area contributed by atoms with Gasteiger partial charge in [-0.3, -0.25) is 4.79 Å². The second-order valence-corrected chi connectivity index (χ2v) is 6.33. The average Bonchev–Trinajstić information content (AvgIpc) is 2.64. The van der Waals surface area contributed by atoms with Gasteiger partial charge in [0.2, 0.25) is 5.91 Å². The molecule has 2 rings (SSSR count). The third-order valence-corrected chi connectivity index (χ3v) is 4.03. The first-order valence-electron chi connectivity index (χ1n) is 8.52. The van der Waals surface area contributed by atoms with Gasteiger partial charge >= 0.3 is 12.1 Å². The van der Waals surface area contributed by atoms with Crippen LogP contribution in [-0.2, 0) is 22.3 Å². The lowest BCUT2D eigenvalue weighted by Crippen LogP contribution is -2.24. The number of ether oxygens (including phenoxy) is 1. The van der Waals surface area contributed by atoms with Gasteiger partial charge in [0, 0.05) is 13.0 Å². The van der Waals surface area contributed by atoms with Crippen LogP contribution in [-0.4, -0.2) is 23.6 Å². The second-order valence-electron chi connectivity index (χ2n) is 6.33. The van der Waals surface area contributed by atoms with Crippen LogP contribution in [0.2, 0.25) is 0 Å². The van der Waals surface area contributed by atoms with Crippen LogP contribution in [0.3, 0.4) is 0 Å². The molecular weight excluding hydrogens is 375 g/mol. The van der Waals surface area contributed by atoms with Gasteiger partial charge in [-0.1, -0.05) is 37.3 Å². The summed E-state index contributed by atoms with van der Waals surface area (Å²) >= 11 is 0. The van der Waals surface area contributed by atoms with Crippen LogP contribution in [0.25, 0.3) is 0 Å². The number of hydrogen-bond donors (Lipinski definition) is 2. The highest BCUT2D eigenvalue weighted by atomic mass is 19.4. The molecule has 1 unspecified atom stereocenters. The molecule has 0 heterocycles. The summed E-state index contributed by atoms with van der Waals surface area (Å²) in [4.78, 5) is 22.7. The van der Waals surface area contributed by atoms with Crippen LogP contribution in [0, 0.1) is 0 Å². The molecule has 8 heteroatoms. The highest BCUT2D eigenvalue weighted by Gasteiger charge is 2.30. The molecule has 2 N–H and O–H groups in total. The van der Waals surface area contributed by atoms with Gasteiger partial charge in [-0.15, -0.1) is 0 Å². The topological polar surface area (TPSA) is 75.6 Å². The van der Waals surface area contributed by atoms with Gasteiger partial charge in [-0.25, -0.2) is 4.79 Å². The lowest BCUT2D eigenvalue weighted by atomic mass is 9.95. The largest absolute Gasteiger partial charge is 0.482 e. The Morgan fingerprint density at radius 1 is 1.14 bits per heavy atom. The number of carbonyl (C=O) groups is 2. The van der Waals surface area contributed by atoms with Crippen LogP contribution < -0.4 is 10.1 Å². The molecule has 2 aromatic carbocycles. The molecule has 0 spiro atoms. The number of carboxylic acid groups (broad SMARTS) is 1. The summed E-state index contributed by atoms with van der Waals surface area (Å²) in [6.07, 6.45) is -4.39. The van der Waals surface area contributed by atoms with E-state index in [2.05, 4.69) is 5.32 Å². The summed E-state index contributed by atoms with van der Waals surface area (Å²) in [6, 6.07) is 11.6. The smallest absolute Gasteiger partial charge is 0.416 e. The molecule has 0 aliphatic heterocycles. The Bertz CT molecular complexity index is 836. The molecular formula is C20H20F3NO4. The minimum Gasteiger partial charge on any atom is -0.482 e. The number of benzene rings is 2. The molecule has 0 radical (unpaired) electrons. The number of halogens is 3. The van der Waals surface area contributed by atoms with Crippen molar-refractivity contribution in [2.75, 3.05) is 6.61 Å². The second kappa shape index (κ2) is 9.25. The maximum absolute atomic E-state index is 12.8. The summed E-state index contributed by atoms with van der Waals surface area (Å²) in [5.74, 6) is -1.41. The predicted octanol–water partition coefficient (Wildman–Crippen LogP) is 3.98. The molecule has 1 atom stereocenters. The summed E-state index contributed by atoms with van der Waals surface area (Å²) < 4.78 is 43.5. The number of nitrogens with one attached hydrogen (secondary N) is 1. The first kappa shape index (κ1) is 21.3. The van der Waals surface area contributed by atoms with Crippen LogP contribution in [0.1, 0.15) is 36.0 Å². The maximum atomic E-state index is 12.8. The molecule has 0 bridgehead atoms. The minimum atomic E-state index is -4.42. The van der Waals surface area contributed by atoms with Crippen LogP contribution in [0.5, 0.6) is 5.75 Å². The van der Waals surface area contributed by atoms with Crippen molar-refractivity contribution in [3.63, 3.8) is 0 Å². The van der Waals surface area contributed by atoms with E-state index in [1.54, 1.807) is 37.3 Å². The SMILES string of the molecule is CC(CC(=O)NCc1cccc(OCC(=O)O)c1)c1cccc(C(F)(F)F)c1. The first-order valence-corrected chi connectivity index (χ1v) is 8.52. The quantitative estimate of drug-likeness (QED) is 0.709. The van der Waals surface area contributed by atoms with E-state index in [1.807, 2.05) is 0 Å². The Hall–Kier alpha value is -3.03. The molecule has 0 saturated carbocycles. The highest BCUT2D eigenvalue weighted by molar-refractivity contribution is 5.76. The fourth-order valence-electron chi connectivity index (χ4n) is 2.58. The van der Waals surface area contributed by atoms with Crippen LogP contribution >= 0.6 is 0 Å². The number of hydrogen-bond acceptors (Lipinski definition) is 3. The van der Waals surface area contributed by atoms with Gasteiger partial charge in [-0.05, 0) is 35.2 Å². The van der Waals surface area contributed by atoms with E-state index in [4.69, 9.17) is 9.84 Å². The number of carbonyl (C=O) groups excluding carboxylic acids is 1. The monoisotopic (exact) mass is 395 g/mol. The number of amides is 1.